The van der Waals surface area contributed by atoms with Gasteiger partial charge in [-0.25, -0.2) is 0 Å². The van der Waals surface area contributed by atoms with Crippen LogP contribution in [0, 0.1) is 0 Å². The minimum Gasteiger partial charge on any atom is -0.307 e. The summed E-state index contributed by atoms with van der Waals surface area (Å²) < 4.78 is 0. The van der Waals surface area contributed by atoms with Crippen molar-refractivity contribution in [2.45, 2.75) is 56.8 Å². The zero-order valence-corrected chi connectivity index (χ0v) is 11.5. The normalized spacial score (nSPS) is 35.1. The lowest BCUT2D eigenvalue weighted by Gasteiger charge is -2.37. The number of piperidine rings is 1. The average molecular weight is 250 g/mol. The SMILES string of the molecule is C[C@H](NC1CC2CCC(C1)N2C)c1cccs1. The Morgan fingerprint density at radius 2 is 2.06 bits per heavy atom. The first kappa shape index (κ1) is 11.7. The first-order valence-electron chi connectivity index (χ1n) is 6.75. The van der Waals surface area contributed by atoms with Gasteiger partial charge in [-0.1, -0.05) is 6.07 Å². The Kier molecular flexibility index (Phi) is 3.24. The van der Waals surface area contributed by atoms with E-state index in [1.807, 2.05) is 11.3 Å². The van der Waals surface area contributed by atoms with Crippen molar-refractivity contribution in [3.63, 3.8) is 0 Å². The summed E-state index contributed by atoms with van der Waals surface area (Å²) in [6.07, 6.45) is 5.49. The molecular formula is C14H22N2S. The highest BCUT2D eigenvalue weighted by Crippen LogP contribution is 2.35. The summed E-state index contributed by atoms with van der Waals surface area (Å²) in [5.41, 5.74) is 0. The molecule has 2 aliphatic heterocycles. The Morgan fingerprint density at radius 3 is 2.65 bits per heavy atom. The first-order chi connectivity index (χ1) is 8.24. The Morgan fingerprint density at radius 1 is 1.35 bits per heavy atom. The number of hydrogen-bond acceptors (Lipinski definition) is 3. The number of thiophene rings is 1. The molecule has 3 atom stereocenters. The molecule has 0 spiro atoms. The van der Waals surface area contributed by atoms with Gasteiger partial charge in [0.25, 0.3) is 0 Å². The fourth-order valence-electron chi connectivity index (χ4n) is 3.52. The second kappa shape index (κ2) is 4.71. The number of hydrogen-bond donors (Lipinski definition) is 1. The third kappa shape index (κ3) is 2.28. The van der Waals surface area contributed by atoms with E-state index >= 15 is 0 Å². The van der Waals surface area contributed by atoms with Gasteiger partial charge in [0, 0.05) is 29.0 Å². The van der Waals surface area contributed by atoms with Crippen LogP contribution in [0.15, 0.2) is 17.5 Å². The highest BCUT2D eigenvalue weighted by Gasteiger charge is 2.38. The fourth-order valence-corrected chi connectivity index (χ4v) is 4.26. The zero-order valence-electron chi connectivity index (χ0n) is 10.7. The summed E-state index contributed by atoms with van der Waals surface area (Å²) in [6.45, 7) is 2.30. The number of nitrogens with one attached hydrogen (secondary N) is 1. The lowest BCUT2D eigenvalue weighted by molar-refractivity contribution is 0.144. The van der Waals surface area contributed by atoms with Gasteiger partial charge in [0.1, 0.15) is 0 Å². The molecule has 1 aromatic rings. The molecule has 2 fully saturated rings. The molecule has 3 heterocycles. The highest BCUT2D eigenvalue weighted by atomic mass is 32.1. The molecule has 1 aromatic heterocycles. The molecule has 0 aromatic carbocycles. The van der Waals surface area contributed by atoms with Crippen LogP contribution in [0.25, 0.3) is 0 Å². The van der Waals surface area contributed by atoms with Crippen LogP contribution < -0.4 is 5.32 Å². The standard InChI is InChI=1S/C14H22N2S/c1-10(14-4-3-7-17-14)15-11-8-12-5-6-13(9-11)16(12)2/h3-4,7,10-13,15H,5-6,8-9H2,1-2H3/t10-,11?,12?,13?/m0/s1. The minimum absolute atomic E-state index is 0.516. The summed E-state index contributed by atoms with van der Waals surface area (Å²) in [5, 5.41) is 6.00. The Hall–Kier alpha value is -0.380. The van der Waals surface area contributed by atoms with E-state index in [9.17, 15) is 0 Å². The lowest BCUT2D eigenvalue weighted by atomic mass is 9.97. The van der Waals surface area contributed by atoms with Crippen LogP contribution in [0.2, 0.25) is 0 Å². The summed E-state index contributed by atoms with van der Waals surface area (Å²) in [7, 11) is 2.31. The predicted molar refractivity (Wildman–Crippen MR) is 73.5 cm³/mol. The maximum absolute atomic E-state index is 3.83. The highest BCUT2D eigenvalue weighted by molar-refractivity contribution is 7.10. The van der Waals surface area contributed by atoms with E-state index in [2.05, 4.69) is 41.7 Å². The molecule has 1 N–H and O–H groups in total. The molecule has 17 heavy (non-hydrogen) atoms. The zero-order chi connectivity index (χ0) is 11.8. The van der Waals surface area contributed by atoms with Gasteiger partial charge in [-0.3, -0.25) is 0 Å². The molecule has 0 radical (unpaired) electrons. The molecule has 2 bridgehead atoms. The fraction of sp³-hybridized carbons (Fsp3) is 0.714. The Balaban J connectivity index is 1.60. The van der Waals surface area contributed by atoms with Gasteiger partial charge in [0.15, 0.2) is 0 Å². The second-order valence-electron chi connectivity index (χ2n) is 5.62. The number of fused-ring (bicyclic) bond motifs is 2. The number of rotatable bonds is 3. The molecule has 0 saturated carbocycles. The van der Waals surface area contributed by atoms with Crippen molar-refractivity contribution in [2.24, 2.45) is 0 Å². The van der Waals surface area contributed by atoms with Gasteiger partial charge in [-0.15, -0.1) is 11.3 Å². The van der Waals surface area contributed by atoms with Gasteiger partial charge in [-0.2, -0.15) is 0 Å². The van der Waals surface area contributed by atoms with Crippen molar-refractivity contribution >= 4 is 11.3 Å². The summed E-state index contributed by atoms with van der Waals surface area (Å²) in [4.78, 5) is 4.07. The van der Waals surface area contributed by atoms with E-state index in [4.69, 9.17) is 0 Å². The second-order valence-corrected chi connectivity index (χ2v) is 6.60. The van der Waals surface area contributed by atoms with Crippen LogP contribution in [0.3, 0.4) is 0 Å². The first-order valence-corrected chi connectivity index (χ1v) is 7.63. The molecule has 3 heteroatoms. The van der Waals surface area contributed by atoms with E-state index in [1.165, 1.54) is 30.6 Å². The smallest absolute Gasteiger partial charge is 0.0388 e. The van der Waals surface area contributed by atoms with Crippen molar-refractivity contribution in [3.8, 4) is 0 Å². The molecular weight excluding hydrogens is 228 g/mol. The number of nitrogens with zero attached hydrogens (tertiary/aromatic N) is 1. The van der Waals surface area contributed by atoms with Crippen molar-refractivity contribution < 1.29 is 0 Å². The average Bonchev–Trinajstić information content (AvgIpc) is 2.88. The van der Waals surface area contributed by atoms with Gasteiger partial charge >= 0.3 is 0 Å². The third-order valence-corrected chi connectivity index (χ3v) is 5.61. The van der Waals surface area contributed by atoms with E-state index < -0.39 is 0 Å². The van der Waals surface area contributed by atoms with E-state index in [1.54, 1.807) is 0 Å². The maximum Gasteiger partial charge on any atom is 0.0388 e. The molecule has 94 valence electrons. The molecule has 3 rings (SSSR count). The molecule has 2 nitrogen and oxygen atoms in total. The van der Waals surface area contributed by atoms with Gasteiger partial charge < -0.3 is 10.2 Å². The Labute approximate surface area is 108 Å². The topological polar surface area (TPSA) is 15.3 Å². The van der Waals surface area contributed by atoms with Gasteiger partial charge in [0.2, 0.25) is 0 Å². The van der Waals surface area contributed by atoms with Crippen LogP contribution in [0.4, 0.5) is 0 Å². The molecule has 0 aliphatic carbocycles. The van der Waals surface area contributed by atoms with E-state index in [0.717, 1.165) is 18.1 Å². The van der Waals surface area contributed by atoms with Crippen molar-refractivity contribution in [1.82, 2.24) is 10.2 Å². The Bertz CT molecular complexity index is 348. The largest absolute Gasteiger partial charge is 0.307 e. The monoisotopic (exact) mass is 250 g/mol. The molecule has 0 amide bonds. The summed E-state index contributed by atoms with van der Waals surface area (Å²) in [5.74, 6) is 0. The van der Waals surface area contributed by atoms with Crippen LogP contribution in [-0.2, 0) is 0 Å². The van der Waals surface area contributed by atoms with Crippen molar-refractivity contribution in [2.75, 3.05) is 7.05 Å². The summed E-state index contributed by atoms with van der Waals surface area (Å²) >= 11 is 1.86. The van der Waals surface area contributed by atoms with Crippen molar-refractivity contribution in [3.05, 3.63) is 22.4 Å². The molecule has 2 aliphatic rings. The summed E-state index contributed by atoms with van der Waals surface area (Å²) in [6, 6.07) is 7.30. The minimum atomic E-state index is 0.516. The molecule has 2 unspecified atom stereocenters. The third-order valence-electron chi connectivity index (χ3n) is 4.55. The maximum atomic E-state index is 3.83. The van der Waals surface area contributed by atoms with Crippen LogP contribution >= 0.6 is 11.3 Å². The van der Waals surface area contributed by atoms with E-state index in [0.29, 0.717) is 6.04 Å². The quantitative estimate of drug-likeness (QED) is 0.887. The lowest BCUT2D eigenvalue weighted by Crippen LogP contribution is -2.47. The van der Waals surface area contributed by atoms with Crippen LogP contribution in [-0.4, -0.2) is 30.1 Å². The van der Waals surface area contributed by atoms with Crippen LogP contribution in [0.1, 0.15) is 43.5 Å². The van der Waals surface area contributed by atoms with Gasteiger partial charge in [-0.05, 0) is 51.1 Å². The van der Waals surface area contributed by atoms with Crippen molar-refractivity contribution in [1.29, 1.82) is 0 Å². The van der Waals surface area contributed by atoms with Crippen LogP contribution in [0.5, 0.6) is 0 Å². The predicted octanol–water partition coefficient (Wildman–Crippen LogP) is 3.02. The van der Waals surface area contributed by atoms with Gasteiger partial charge in [0.05, 0.1) is 0 Å². The molecule has 2 saturated heterocycles. The van der Waals surface area contributed by atoms with E-state index in [-0.39, 0.29) is 0 Å².